The van der Waals surface area contributed by atoms with E-state index >= 15 is 0 Å². The Morgan fingerprint density at radius 3 is 3.17 bits per heavy atom. The third kappa shape index (κ3) is 3.81. The van der Waals surface area contributed by atoms with Crippen LogP contribution in [0.5, 0.6) is 0 Å². The first-order valence-corrected chi connectivity index (χ1v) is 7.41. The fourth-order valence-corrected chi connectivity index (χ4v) is 2.51. The molecule has 0 fully saturated rings. The summed E-state index contributed by atoms with van der Waals surface area (Å²) in [4.78, 5) is 19.7. The fourth-order valence-electron chi connectivity index (χ4n) is 1.37. The Hall–Kier alpha value is -1.41. The molecule has 0 unspecified atom stereocenters. The zero-order valence-electron chi connectivity index (χ0n) is 9.87. The predicted octanol–water partition coefficient (Wildman–Crippen LogP) is 1.88. The van der Waals surface area contributed by atoms with Crippen LogP contribution in [-0.2, 0) is 11.3 Å². The molecule has 8 heteroatoms. The van der Waals surface area contributed by atoms with Crippen molar-refractivity contribution in [3.05, 3.63) is 18.7 Å². The molecule has 18 heavy (non-hydrogen) atoms. The van der Waals surface area contributed by atoms with Crippen molar-refractivity contribution in [2.45, 2.75) is 24.5 Å². The zero-order valence-corrected chi connectivity index (χ0v) is 11.5. The highest BCUT2D eigenvalue weighted by Crippen LogP contribution is 2.17. The van der Waals surface area contributed by atoms with E-state index in [1.54, 1.807) is 12.5 Å². The highest BCUT2D eigenvalue weighted by molar-refractivity contribution is 7.98. The van der Waals surface area contributed by atoms with Crippen molar-refractivity contribution in [2.24, 2.45) is 0 Å². The van der Waals surface area contributed by atoms with Crippen LogP contribution in [0.2, 0.25) is 0 Å². The summed E-state index contributed by atoms with van der Waals surface area (Å²) in [6, 6.07) is 0. The molecule has 2 aromatic rings. The van der Waals surface area contributed by atoms with E-state index in [2.05, 4.69) is 19.7 Å². The summed E-state index contributed by atoms with van der Waals surface area (Å²) in [5.41, 5.74) is 0. The number of nitrogens with zero attached hydrogens (tertiary/aromatic N) is 4. The number of carbonyl (C=O) groups excluding carboxylic acids is 1. The van der Waals surface area contributed by atoms with Gasteiger partial charge in [-0.25, -0.2) is 4.98 Å². The van der Waals surface area contributed by atoms with Gasteiger partial charge in [0, 0.05) is 36.9 Å². The number of aryl methyl sites for hydroxylation is 1. The largest absolute Gasteiger partial charge is 0.337 e. The van der Waals surface area contributed by atoms with Crippen LogP contribution in [0, 0.1) is 0 Å². The normalized spacial score (nSPS) is 10.5. The van der Waals surface area contributed by atoms with Crippen LogP contribution in [0.3, 0.4) is 0 Å². The highest BCUT2D eigenvalue weighted by atomic mass is 32.2. The van der Waals surface area contributed by atoms with E-state index in [1.165, 1.54) is 23.3 Å². The molecule has 0 saturated heterocycles. The Morgan fingerprint density at radius 2 is 2.50 bits per heavy atom. The average Bonchev–Trinajstić information content (AvgIpc) is 3.00. The van der Waals surface area contributed by atoms with Gasteiger partial charge in [0.15, 0.2) is 0 Å². The van der Waals surface area contributed by atoms with Crippen LogP contribution >= 0.6 is 23.3 Å². The Kier molecular flexibility index (Phi) is 4.71. The van der Waals surface area contributed by atoms with Crippen molar-refractivity contribution < 1.29 is 4.79 Å². The van der Waals surface area contributed by atoms with E-state index in [4.69, 9.17) is 0 Å². The number of carbonyl (C=O) groups is 1. The Balaban J connectivity index is 1.71. The maximum atomic E-state index is 11.6. The number of hydrogen-bond donors (Lipinski definition) is 1. The first-order chi connectivity index (χ1) is 8.78. The molecular weight excluding hydrogens is 270 g/mol. The van der Waals surface area contributed by atoms with Gasteiger partial charge in [0.2, 0.25) is 16.2 Å². The SMILES string of the molecule is CSc1nsc(NC(=O)CCCn2ccnc2)n1. The standard InChI is InChI=1S/C10H13N5OS2/c1-17-10-13-9(18-14-10)12-8(16)3-2-5-15-6-4-11-7-15/h4,6-7H,2-3,5H2,1H3,(H,12,13,14,16). The molecule has 1 N–H and O–H groups in total. The Morgan fingerprint density at radius 1 is 1.61 bits per heavy atom. The second kappa shape index (κ2) is 6.50. The monoisotopic (exact) mass is 283 g/mol. The summed E-state index contributed by atoms with van der Waals surface area (Å²) >= 11 is 2.66. The lowest BCUT2D eigenvalue weighted by molar-refractivity contribution is -0.116. The number of thioether (sulfide) groups is 1. The number of anilines is 1. The fraction of sp³-hybridized carbons (Fsp3) is 0.400. The maximum absolute atomic E-state index is 11.6. The van der Waals surface area contributed by atoms with Gasteiger partial charge in [-0.05, 0) is 12.7 Å². The van der Waals surface area contributed by atoms with E-state index in [9.17, 15) is 4.79 Å². The lowest BCUT2D eigenvalue weighted by Gasteiger charge is -2.02. The van der Waals surface area contributed by atoms with Gasteiger partial charge in [0.05, 0.1) is 6.33 Å². The van der Waals surface area contributed by atoms with Crippen LogP contribution in [0.15, 0.2) is 23.9 Å². The minimum atomic E-state index is -0.0288. The number of amides is 1. The molecule has 2 rings (SSSR count). The third-order valence-corrected chi connectivity index (χ3v) is 3.51. The molecule has 1 amide bonds. The summed E-state index contributed by atoms with van der Waals surface area (Å²) in [7, 11) is 0. The van der Waals surface area contributed by atoms with Crippen LogP contribution < -0.4 is 5.32 Å². The lowest BCUT2D eigenvalue weighted by atomic mass is 10.3. The van der Waals surface area contributed by atoms with Crippen molar-refractivity contribution in [1.82, 2.24) is 18.9 Å². The van der Waals surface area contributed by atoms with Gasteiger partial charge < -0.3 is 9.88 Å². The quantitative estimate of drug-likeness (QED) is 0.819. The first kappa shape index (κ1) is 13.0. The molecule has 6 nitrogen and oxygen atoms in total. The lowest BCUT2D eigenvalue weighted by Crippen LogP contribution is -2.12. The van der Waals surface area contributed by atoms with E-state index in [0.29, 0.717) is 16.7 Å². The van der Waals surface area contributed by atoms with Crippen molar-refractivity contribution >= 4 is 34.3 Å². The van der Waals surface area contributed by atoms with Gasteiger partial charge in [-0.15, -0.1) is 0 Å². The second-order valence-corrected chi connectivity index (χ2v) is 5.06. The molecule has 2 aromatic heterocycles. The average molecular weight is 283 g/mol. The van der Waals surface area contributed by atoms with Gasteiger partial charge in [-0.2, -0.15) is 9.36 Å². The van der Waals surface area contributed by atoms with Gasteiger partial charge >= 0.3 is 0 Å². The van der Waals surface area contributed by atoms with Gasteiger partial charge in [-0.1, -0.05) is 11.8 Å². The van der Waals surface area contributed by atoms with E-state index in [0.717, 1.165) is 13.0 Å². The topological polar surface area (TPSA) is 72.7 Å². The second-order valence-electron chi connectivity index (χ2n) is 3.54. The summed E-state index contributed by atoms with van der Waals surface area (Å²) in [5, 5.41) is 4.00. The van der Waals surface area contributed by atoms with E-state index < -0.39 is 0 Å². The molecular formula is C10H13N5OS2. The van der Waals surface area contributed by atoms with Crippen LogP contribution in [0.25, 0.3) is 0 Å². The molecule has 96 valence electrons. The van der Waals surface area contributed by atoms with Crippen LogP contribution in [0.1, 0.15) is 12.8 Å². The molecule has 0 aliphatic carbocycles. The first-order valence-electron chi connectivity index (χ1n) is 5.41. The van der Waals surface area contributed by atoms with Crippen molar-refractivity contribution in [2.75, 3.05) is 11.6 Å². The smallest absolute Gasteiger partial charge is 0.226 e. The highest BCUT2D eigenvalue weighted by Gasteiger charge is 2.07. The summed E-state index contributed by atoms with van der Waals surface area (Å²) < 4.78 is 6.02. The summed E-state index contributed by atoms with van der Waals surface area (Å²) in [5.74, 6) is -0.0288. The number of nitrogens with one attached hydrogen (secondary N) is 1. The van der Waals surface area contributed by atoms with Crippen LogP contribution in [0.4, 0.5) is 5.13 Å². The molecule has 0 aliphatic heterocycles. The van der Waals surface area contributed by atoms with Gasteiger partial charge in [0.1, 0.15) is 0 Å². The van der Waals surface area contributed by atoms with Crippen molar-refractivity contribution in [3.8, 4) is 0 Å². The molecule has 0 aromatic carbocycles. The van der Waals surface area contributed by atoms with Crippen LogP contribution in [-0.4, -0.2) is 31.1 Å². The Bertz CT molecular complexity index is 496. The predicted molar refractivity (Wildman–Crippen MR) is 71.8 cm³/mol. The number of aromatic nitrogens is 4. The molecule has 0 bridgehead atoms. The molecule has 0 radical (unpaired) electrons. The minimum absolute atomic E-state index is 0.0288. The maximum Gasteiger partial charge on any atom is 0.226 e. The molecule has 2 heterocycles. The minimum Gasteiger partial charge on any atom is -0.337 e. The van der Waals surface area contributed by atoms with E-state index in [1.807, 2.05) is 17.0 Å². The number of rotatable bonds is 6. The number of imidazole rings is 1. The van der Waals surface area contributed by atoms with E-state index in [-0.39, 0.29) is 5.91 Å². The Labute approximate surface area is 113 Å². The molecule has 0 atom stereocenters. The van der Waals surface area contributed by atoms with Gasteiger partial charge in [0.25, 0.3) is 0 Å². The third-order valence-electron chi connectivity index (χ3n) is 2.22. The molecule has 0 aliphatic rings. The molecule has 0 saturated carbocycles. The zero-order chi connectivity index (χ0) is 12.8. The van der Waals surface area contributed by atoms with Crippen molar-refractivity contribution in [3.63, 3.8) is 0 Å². The van der Waals surface area contributed by atoms with Crippen molar-refractivity contribution in [1.29, 1.82) is 0 Å². The summed E-state index contributed by atoms with van der Waals surface area (Å²) in [6.45, 7) is 0.791. The number of hydrogen-bond acceptors (Lipinski definition) is 6. The molecule has 0 spiro atoms. The van der Waals surface area contributed by atoms with Gasteiger partial charge in [-0.3, -0.25) is 4.79 Å². The summed E-state index contributed by atoms with van der Waals surface area (Å²) in [6.07, 6.45) is 8.49.